The van der Waals surface area contributed by atoms with E-state index < -0.39 is 11.7 Å². The molecule has 1 N–H and O–H groups in total. The number of alkyl halides is 3. The van der Waals surface area contributed by atoms with Gasteiger partial charge in [0.25, 0.3) is 0 Å². The van der Waals surface area contributed by atoms with Gasteiger partial charge in [0.15, 0.2) is 0 Å². The molecule has 0 unspecified atom stereocenters. The van der Waals surface area contributed by atoms with Crippen LogP contribution in [0.1, 0.15) is 17.5 Å². The van der Waals surface area contributed by atoms with Crippen molar-refractivity contribution in [2.75, 3.05) is 50.8 Å². The van der Waals surface area contributed by atoms with Crippen molar-refractivity contribution in [2.24, 2.45) is 0 Å². The van der Waals surface area contributed by atoms with E-state index in [-0.39, 0.29) is 18.9 Å². The predicted molar refractivity (Wildman–Crippen MR) is 139 cm³/mol. The fraction of sp³-hybridized carbons (Fsp3) is 0.345. The summed E-state index contributed by atoms with van der Waals surface area (Å²) in [6.45, 7) is 5.62. The number of piperazine rings is 1. The monoisotopic (exact) mass is 511 g/mol. The van der Waals surface area contributed by atoms with E-state index in [2.05, 4.69) is 63.6 Å². The molecule has 0 bridgehead atoms. The van der Waals surface area contributed by atoms with Crippen molar-refractivity contribution in [2.45, 2.75) is 19.1 Å². The molecule has 196 valence electrons. The van der Waals surface area contributed by atoms with Crippen LogP contribution in [0.3, 0.4) is 0 Å². The lowest BCUT2D eigenvalue weighted by Gasteiger charge is -2.37. The maximum absolute atomic E-state index is 12.6. The van der Waals surface area contributed by atoms with Crippen molar-refractivity contribution in [3.63, 3.8) is 0 Å². The van der Waals surface area contributed by atoms with Gasteiger partial charge in [-0.25, -0.2) is 0 Å². The van der Waals surface area contributed by atoms with E-state index in [9.17, 15) is 18.0 Å². The Morgan fingerprint density at radius 1 is 0.838 bits per heavy atom. The van der Waals surface area contributed by atoms with Gasteiger partial charge in [0, 0.05) is 56.9 Å². The molecule has 5 nitrogen and oxygen atoms in total. The standard InChI is InChI=1S/C29H32F3N3O2/c30-29(31,32)25-12-10-23(11-13-25)22-33-28(36)14-20-37-21-19-34-15-17-35(18-16-34)27-9-5-4-8-26(27)24-6-2-1-3-7-24/h1-13H,14-22H2,(H,33,36). The van der Waals surface area contributed by atoms with Crippen LogP contribution in [-0.2, 0) is 22.3 Å². The first kappa shape index (κ1) is 26.7. The largest absolute Gasteiger partial charge is 0.416 e. The number of ether oxygens (including phenoxy) is 1. The smallest absolute Gasteiger partial charge is 0.380 e. The third-order valence-electron chi connectivity index (χ3n) is 6.50. The number of nitrogens with zero attached hydrogens (tertiary/aromatic N) is 2. The molecule has 4 rings (SSSR count). The molecule has 0 saturated carbocycles. The number of nitrogens with one attached hydrogen (secondary N) is 1. The lowest BCUT2D eigenvalue weighted by Crippen LogP contribution is -2.47. The molecule has 37 heavy (non-hydrogen) atoms. The molecule has 1 amide bonds. The van der Waals surface area contributed by atoms with Crippen LogP contribution in [0.25, 0.3) is 11.1 Å². The zero-order chi connectivity index (χ0) is 26.1. The molecule has 1 fully saturated rings. The quantitative estimate of drug-likeness (QED) is 0.379. The van der Waals surface area contributed by atoms with Crippen LogP contribution in [-0.4, -0.2) is 56.7 Å². The summed E-state index contributed by atoms with van der Waals surface area (Å²) in [5.74, 6) is -0.189. The number of carbonyl (C=O) groups excluding carboxylic acids is 1. The van der Waals surface area contributed by atoms with Gasteiger partial charge in [0.2, 0.25) is 5.91 Å². The fourth-order valence-corrected chi connectivity index (χ4v) is 4.38. The Labute approximate surface area is 215 Å². The summed E-state index contributed by atoms with van der Waals surface area (Å²) in [7, 11) is 0. The van der Waals surface area contributed by atoms with E-state index in [1.54, 1.807) is 0 Å². The van der Waals surface area contributed by atoms with Crippen LogP contribution in [0.2, 0.25) is 0 Å². The number of para-hydroxylation sites is 1. The molecule has 0 radical (unpaired) electrons. The Morgan fingerprint density at radius 2 is 1.51 bits per heavy atom. The summed E-state index contributed by atoms with van der Waals surface area (Å²) >= 11 is 0. The summed E-state index contributed by atoms with van der Waals surface area (Å²) in [6, 6.07) is 23.7. The number of benzene rings is 3. The van der Waals surface area contributed by atoms with Crippen molar-refractivity contribution in [3.8, 4) is 11.1 Å². The second-order valence-corrected chi connectivity index (χ2v) is 9.05. The first-order chi connectivity index (χ1) is 17.9. The number of hydrogen-bond acceptors (Lipinski definition) is 4. The third kappa shape index (κ3) is 7.81. The van der Waals surface area contributed by atoms with E-state index in [0.29, 0.717) is 18.8 Å². The molecule has 3 aromatic rings. The van der Waals surface area contributed by atoms with Crippen LogP contribution in [0.5, 0.6) is 0 Å². The summed E-state index contributed by atoms with van der Waals surface area (Å²) in [6.07, 6.45) is -4.15. The maximum atomic E-state index is 12.6. The Bertz CT molecular complexity index is 1130. The number of carbonyl (C=O) groups is 1. The minimum absolute atomic E-state index is 0.189. The second kappa shape index (κ2) is 12.7. The summed E-state index contributed by atoms with van der Waals surface area (Å²) in [5, 5.41) is 2.72. The molecule has 3 aromatic carbocycles. The molecule has 8 heteroatoms. The van der Waals surface area contributed by atoms with Gasteiger partial charge in [0.1, 0.15) is 0 Å². The summed E-state index contributed by atoms with van der Waals surface area (Å²) in [5.41, 5.74) is 3.64. The zero-order valence-electron chi connectivity index (χ0n) is 20.7. The Balaban J connectivity index is 1.11. The van der Waals surface area contributed by atoms with E-state index in [1.807, 2.05) is 6.07 Å². The fourth-order valence-electron chi connectivity index (χ4n) is 4.38. The van der Waals surface area contributed by atoms with Crippen LogP contribution >= 0.6 is 0 Å². The van der Waals surface area contributed by atoms with Crippen molar-refractivity contribution in [3.05, 3.63) is 90.0 Å². The third-order valence-corrected chi connectivity index (χ3v) is 6.50. The molecule has 0 aliphatic carbocycles. The van der Waals surface area contributed by atoms with Crippen LogP contribution in [0, 0.1) is 0 Å². The molecule has 0 atom stereocenters. The predicted octanol–water partition coefficient (Wildman–Crippen LogP) is 5.22. The van der Waals surface area contributed by atoms with Gasteiger partial charge in [-0.2, -0.15) is 13.2 Å². The van der Waals surface area contributed by atoms with Gasteiger partial charge in [-0.05, 0) is 29.3 Å². The van der Waals surface area contributed by atoms with Gasteiger partial charge in [0.05, 0.1) is 18.8 Å². The second-order valence-electron chi connectivity index (χ2n) is 9.05. The Kier molecular flexibility index (Phi) is 9.19. The number of amides is 1. The van der Waals surface area contributed by atoms with Gasteiger partial charge in [-0.1, -0.05) is 60.7 Å². The van der Waals surface area contributed by atoms with Gasteiger partial charge in [-0.3, -0.25) is 9.69 Å². The number of rotatable bonds is 10. The van der Waals surface area contributed by atoms with E-state index in [4.69, 9.17) is 4.74 Å². The first-order valence-corrected chi connectivity index (χ1v) is 12.5. The van der Waals surface area contributed by atoms with Gasteiger partial charge >= 0.3 is 6.18 Å². The van der Waals surface area contributed by atoms with Crippen molar-refractivity contribution < 1.29 is 22.7 Å². The van der Waals surface area contributed by atoms with Crippen molar-refractivity contribution in [1.29, 1.82) is 0 Å². The molecule has 1 aliphatic rings. The molecule has 1 aliphatic heterocycles. The zero-order valence-corrected chi connectivity index (χ0v) is 20.7. The molecular formula is C29H32F3N3O2. The van der Waals surface area contributed by atoms with Gasteiger partial charge < -0.3 is 15.0 Å². The lowest BCUT2D eigenvalue weighted by molar-refractivity contribution is -0.137. The highest BCUT2D eigenvalue weighted by atomic mass is 19.4. The molecular weight excluding hydrogens is 479 g/mol. The number of halogens is 3. The average Bonchev–Trinajstić information content (AvgIpc) is 2.92. The summed E-state index contributed by atoms with van der Waals surface area (Å²) < 4.78 is 43.5. The number of anilines is 1. The Morgan fingerprint density at radius 3 is 2.22 bits per heavy atom. The van der Waals surface area contributed by atoms with Crippen molar-refractivity contribution >= 4 is 11.6 Å². The number of hydrogen-bond donors (Lipinski definition) is 1. The lowest BCUT2D eigenvalue weighted by atomic mass is 10.0. The van der Waals surface area contributed by atoms with E-state index in [0.717, 1.165) is 44.9 Å². The topological polar surface area (TPSA) is 44.8 Å². The van der Waals surface area contributed by atoms with Crippen molar-refractivity contribution in [1.82, 2.24) is 10.2 Å². The highest BCUT2D eigenvalue weighted by Gasteiger charge is 2.29. The summed E-state index contributed by atoms with van der Waals surface area (Å²) in [4.78, 5) is 16.8. The highest BCUT2D eigenvalue weighted by molar-refractivity contribution is 5.78. The normalized spacial score (nSPS) is 14.5. The molecule has 0 aromatic heterocycles. The van der Waals surface area contributed by atoms with Crippen LogP contribution < -0.4 is 10.2 Å². The highest BCUT2D eigenvalue weighted by Crippen LogP contribution is 2.31. The maximum Gasteiger partial charge on any atom is 0.416 e. The minimum atomic E-state index is -4.36. The first-order valence-electron chi connectivity index (χ1n) is 12.5. The Hall–Kier alpha value is -3.36. The minimum Gasteiger partial charge on any atom is -0.380 e. The average molecular weight is 512 g/mol. The molecule has 0 spiro atoms. The van der Waals surface area contributed by atoms with Crippen LogP contribution in [0.4, 0.5) is 18.9 Å². The van der Waals surface area contributed by atoms with Crippen LogP contribution in [0.15, 0.2) is 78.9 Å². The van der Waals surface area contributed by atoms with Gasteiger partial charge in [-0.15, -0.1) is 0 Å². The molecule has 1 heterocycles. The SMILES string of the molecule is O=C(CCOCCN1CCN(c2ccccc2-c2ccccc2)CC1)NCc1ccc(C(F)(F)F)cc1. The van der Waals surface area contributed by atoms with E-state index >= 15 is 0 Å². The molecule has 1 saturated heterocycles. The van der Waals surface area contributed by atoms with E-state index in [1.165, 1.54) is 28.9 Å².